The van der Waals surface area contributed by atoms with E-state index in [1.54, 1.807) is 12.1 Å². The van der Waals surface area contributed by atoms with Crippen molar-refractivity contribution in [1.29, 1.82) is 0 Å². The lowest BCUT2D eigenvalue weighted by atomic mass is 9.90. The molecule has 0 amide bonds. The molecular formula is C29H25F3. The van der Waals surface area contributed by atoms with Crippen LogP contribution in [-0.4, -0.2) is 6.43 Å². The van der Waals surface area contributed by atoms with E-state index in [-0.39, 0.29) is 12.2 Å². The van der Waals surface area contributed by atoms with Gasteiger partial charge in [0.1, 0.15) is 5.82 Å². The third kappa shape index (κ3) is 4.34. The van der Waals surface area contributed by atoms with Crippen LogP contribution in [-0.2, 0) is 12.8 Å². The second-order valence-electron chi connectivity index (χ2n) is 8.24. The molecule has 0 bridgehead atoms. The van der Waals surface area contributed by atoms with E-state index in [1.807, 2.05) is 31.2 Å². The van der Waals surface area contributed by atoms with E-state index in [2.05, 4.69) is 31.4 Å². The van der Waals surface area contributed by atoms with Crippen molar-refractivity contribution in [2.75, 3.05) is 0 Å². The van der Waals surface area contributed by atoms with Crippen LogP contribution in [0.1, 0.15) is 41.2 Å². The van der Waals surface area contributed by atoms with Gasteiger partial charge in [-0.3, -0.25) is 0 Å². The molecule has 3 aromatic rings. The first-order valence-corrected chi connectivity index (χ1v) is 10.7. The summed E-state index contributed by atoms with van der Waals surface area (Å²) in [6.07, 6.45) is 0.258. The van der Waals surface area contributed by atoms with Crippen molar-refractivity contribution >= 4 is 16.7 Å². The molecule has 0 saturated carbocycles. The zero-order valence-corrected chi connectivity index (χ0v) is 18.1. The van der Waals surface area contributed by atoms with E-state index in [9.17, 15) is 13.2 Å². The lowest BCUT2D eigenvalue weighted by molar-refractivity contribution is 0.138. The molecular weight excluding hydrogens is 405 g/mol. The Hall–Kier alpha value is -3.33. The van der Waals surface area contributed by atoms with Gasteiger partial charge in [0.25, 0.3) is 0 Å². The van der Waals surface area contributed by atoms with Crippen LogP contribution in [0.3, 0.4) is 0 Å². The third-order valence-electron chi connectivity index (χ3n) is 6.01. The van der Waals surface area contributed by atoms with Crippen molar-refractivity contribution in [3.05, 3.63) is 114 Å². The summed E-state index contributed by atoms with van der Waals surface area (Å²) < 4.78 is 39.6. The van der Waals surface area contributed by atoms with E-state index in [1.165, 1.54) is 12.1 Å². The van der Waals surface area contributed by atoms with Crippen molar-refractivity contribution in [1.82, 2.24) is 0 Å². The molecule has 0 radical (unpaired) electrons. The van der Waals surface area contributed by atoms with Crippen molar-refractivity contribution in [3.8, 4) is 11.1 Å². The molecule has 0 fully saturated rings. The first-order chi connectivity index (χ1) is 15.4. The monoisotopic (exact) mass is 430 g/mol. The second kappa shape index (κ2) is 9.04. The van der Waals surface area contributed by atoms with Crippen molar-refractivity contribution in [3.63, 3.8) is 0 Å². The molecule has 0 heterocycles. The number of rotatable bonds is 7. The van der Waals surface area contributed by atoms with Gasteiger partial charge >= 0.3 is 0 Å². The molecule has 0 atom stereocenters. The maximum absolute atomic E-state index is 13.4. The summed E-state index contributed by atoms with van der Waals surface area (Å²) in [7, 11) is 0. The minimum atomic E-state index is -2.35. The molecule has 0 N–H and O–H groups in total. The van der Waals surface area contributed by atoms with Gasteiger partial charge in [-0.2, -0.15) is 0 Å². The zero-order chi connectivity index (χ0) is 22.8. The summed E-state index contributed by atoms with van der Waals surface area (Å²) in [6, 6.07) is 18.6. The van der Waals surface area contributed by atoms with Crippen LogP contribution in [0.5, 0.6) is 0 Å². The predicted molar refractivity (Wildman–Crippen MR) is 128 cm³/mol. The molecule has 0 spiro atoms. The lowest BCUT2D eigenvalue weighted by Gasteiger charge is -2.15. The van der Waals surface area contributed by atoms with Gasteiger partial charge in [-0.1, -0.05) is 61.2 Å². The Bertz CT molecular complexity index is 1210. The van der Waals surface area contributed by atoms with Gasteiger partial charge in [0.05, 0.1) is 0 Å². The molecule has 0 unspecified atom stereocenters. The first kappa shape index (κ1) is 21.9. The Morgan fingerprint density at radius 3 is 2.41 bits per heavy atom. The molecule has 1 aliphatic rings. The number of fused-ring (bicyclic) bond motifs is 1. The van der Waals surface area contributed by atoms with Gasteiger partial charge in [0.15, 0.2) is 0 Å². The van der Waals surface area contributed by atoms with E-state index in [4.69, 9.17) is 0 Å². The van der Waals surface area contributed by atoms with Gasteiger partial charge in [-0.05, 0) is 94.1 Å². The molecule has 0 nitrogen and oxygen atoms in total. The molecule has 1 aliphatic carbocycles. The summed E-state index contributed by atoms with van der Waals surface area (Å²) in [5, 5.41) is 0. The molecule has 0 aromatic heterocycles. The average Bonchev–Trinajstić information content (AvgIpc) is 3.15. The summed E-state index contributed by atoms with van der Waals surface area (Å²) in [4.78, 5) is 0. The minimum Gasteiger partial charge on any atom is -0.211 e. The Kier molecular flexibility index (Phi) is 6.18. The van der Waals surface area contributed by atoms with E-state index >= 15 is 0 Å². The minimum absolute atomic E-state index is 0.182. The van der Waals surface area contributed by atoms with Crippen LogP contribution in [0.15, 0.2) is 79.9 Å². The molecule has 0 aliphatic heterocycles. The quantitative estimate of drug-likeness (QED) is 0.353. The molecule has 32 heavy (non-hydrogen) atoms. The van der Waals surface area contributed by atoms with Crippen molar-refractivity contribution in [2.45, 2.75) is 32.6 Å². The van der Waals surface area contributed by atoms with Gasteiger partial charge < -0.3 is 0 Å². The van der Waals surface area contributed by atoms with Crippen molar-refractivity contribution in [2.24, 2.45) is 0 Å². The number of alkyl halides is 2. The smallest absolute Gasteiger partial charge is 0.211 e. The number of halogens is 3. The Morgan fingerprint density at radius 2 is 1.75 bits per heavy atom. The van der Waals surface area contributed by atoms with Gasteiger partial charge in [-0.15, -0.1) is 0 Å². The highest BCUT2D eigenvalue weighted by Gasteiger charge is 2.23. The first-order valence-electron chi connectivity index (χ1n) is 10.7. The van der Waals surface area contributed by atoms with E-state index in [0.29, 0.717) is 12.8 Å². The van der Waals surface area contributed by atoms with Crippen LogP contribution in [0.25, 0.3) is 27.8 Å². The fourth-order valence-electron chi connectivity index (χ4n) is 4.37. The van der Waals surface area contributed by atoms with Crippen molar-refractivity contribution < 1.29 is 13.2 Å². The topological polar surface area (TPSA) is 0 Å². The highest BCUT2D eigenvalue weighted by Crippen LogP contribution is 2.42. The maximum atomic E-state index is 13.4. The third-order valence-corrected chi connectivity index (χ3v) is 6.01. The highest BCUT2D eigenvalue weighted by atomic mass is 19.3. The fourth-order valence-corrected chi connectivity index (χ4v) is 4.37. The molecule has 3 aromatic carbocycles. The van der Waals surface area contributed by atoms with Crippen LogP contribution >= 0.6 is 0 Å². The summed E-state index contributed by atoms with van der Waals surface area (Å²) in [5.74, 6) is -0.279. The predicted octanol–water partition coefficient (Wildman–Crippen LogP) is 8.38. The summed E-state index contributed by atoms with van der Waals surface area (Å²) >= 11 is 0. The number of benzene rings is 3. The van der Waals surface area contributed by atoms with Crippen LogP contribution in [0, 0.1) is 5.82 Å². The second-order valence-corrected chi connectivity index (χ2v) is 8.24. The Labute approximate surface area is 187 Å². The maximum Gasteiger partial charge on any atom is 0.239 e. The molecule has 4 rings (SSSR count). The standard InChI is InChI=1S/C29H25F3/c1-4-25-27(19-8-11-24(30)12-9-19)16-23-15-22(10-13-29(31)32)26(17-28(23)25)21-7-5-6-20(14-21)18(2)3/h4-9,11-12,14-15,17,29H,1-2,10,13,16H2,3H3. The Morgan fingerprint density at radius 1 is 1.00 bits per heavy atom. The lowest BCUT2D eigenvalue weighted by Crippen LogP contribution is -1.99. The highest BCUT2D eigenvalue weighted by molar-refractivity contribution is 6.02. The van der Waals surface area contributed by atoms with E-state index < -0.39 is 6.43 Å². The van der Waals surface area contributed by atoms with Gasteiger partial charge in [0.2, 0.25) is 6.43 Å². The van der Waals surface area contributed by atoms with Crippen LogP contribution in [0.4, 0.5) is 13.2 Å². The molecule has 162 valence electrons. The summed E-state index contributed by atoms with van der Waals surface area (Å²) in [6.45, 7) is 9.99. The summed E-state index contributed by atoms with van der Waals surface area (Å²) in [5.41, 5.74) is 9.97. The van der Waals surface area contributed by atoms with E-state index in [0.717, 1.165) is 55.7 Å². The van der Waals surface area contributed by atoms with Crippen LogP contribution < -0.4 is 0 Å². The van der Waals surface area contributed by atoms with Gasteiger partial charge in [0, 0.05) is 6.42 Å². The number of allylic oxidation sites excluding steroid dienone is 4. The SMILES string of the molecule is C=CC1=C(c2ccc(F)cc2)Cc2cc(CCC(F)F)c(-c3cccc(C(=C)C)c3)cc21. The average molecular weight is 431 g/mol. The zero-order valence-electron chi connectivity index (χ0n) is 18.1. The largest absolute Gasteiger partial charge is 0.239 e. The molecule has 0 saturated heterocycles. The normalized spacial score (nSPS) is 12.9. The number of aryl methyl sites for hydroxylation is 1. The van der Waals surface area contributed by atoms with Gasteiger partial charge in [-0.25, -0.2) is 13.2 Å². The number of hydrogen-bond acceptors (Lipinski definition) is 0. The number of hydrogen-bond donors (Lipinski definition) is 0. The Balaban J connectivity index is 1.86. The fraction of sp³-hybridized carbons (Fsp3) is 0.172. The van der Waals surface area contributed by atoms with Crippen LogP contribution in [0.2, 0.25) is 0 Å². The molecule has 3 heteroatoms.